The number of nitrogens with zero attached hydrogens (tertiary/aromatic N) is 1. The zero-order valence-electron chi connectivity index (χ0n) is 9.83. The van der Waals surface area contributed by atoms with E-state index in [9.17, 15) is 14.4 Å². The van der Waals surface area contributed by atoms with Gasteiger partial charge in [0.15, 0.2) is 0 Å². The number of carboxylic acids is 1. The molecule has 5 N–H and O–H groups in total. The van der Waals surface area contributed by atoms with Crippen molar-refractivity contribution < 1.29 is 24.6 Å². The smallest absolute Gasteiger partial charge is 0.326 e. The maximum Gasteiger partial charge on any atom is 0.326 e. The third-order valence-corrected chi connectivity index (χ3v) is 2.82. The molecule has 0 spiro atoms. The van der Waals surface area contributed by atoms with E-state index >= 15 is 0 Å². The van der Waals surface area contributed by atoms with E-state index < -0.39 is 36.5 Å². The van der Waals surface area contributed by atoms with E-state index in [1.165, 1.54) is 4.90 Å². The molecule has 1 fully saturated rings. The van der Waals surface area contributed by atoms with E-state index in [0.29, 0.717) is 19.4 Å². The Balaban J connectivity index is 2.71. The topological polar surface area (TPSA) is 133 Å². The van der Waals surface area contributed by atoms with Crippen LogP contribution >= 0.6 is 0 Å². The Morgan fingerprint density at radius 1 is 1.44 bits per heavy atom. The van der Waals surface area contributed by atoms with Crippen LogP contribution in [0.2, 0.25) is 0 Å². The fraction of sp³-hybridized carbons (Fsp3) is 0.700. The Bertz CT molecular complexity index is 346. The number of rotatable bonds is 5. The molecule has 0 aliphatic carbocycles. The summed E-state index contributed by atoms with van der Waals surface area (Å²) in [7, 11) is 0. The second kappa shape index (κ2) is 6.31. The molecular weight excluding hydrogens is 242 g/mol. The van der Waals surface area contributed by atoms with E-state index in [-0.39, 0.29) is 6.54 Å². The molecule has 1 unspecified atom stereocenters. The monoisotopic (exact) mass is 259 g/mol. The SMILES string of the molecule is NCC(=O)NC(CO)C(=O)N1CCC[C@H]1C(=O)O. The Hall–Kier alpha value is -1.67. The molecule has 0 aromatic rings. The molecule has 18 heavy (non-hydrogen) atoms. The van der Waals surface area contributed by atoms with Crippen LogP contribution in [0.1, 0.15) is 12.8 Å². The van der Waals surface area contributed by atoms with Gasteiger partial charge in [-0.1, -0.05) is 0 Å². The highest BCUT2D eigenvalue weighted by molar-refractivity contribution is 5.91. The van der Waals surface area contributed by atoms with Crippen LogP contribution < -0.4 is 11.1 Å². The van der Waals surface area contributed by atoms with Gasteiger partial charge in [0.1, 0.15) is 12.1 Å². The van der Waals surface area contributed by atoms with Gasteiger partial charge in [-0.2, -0.15) is 0 Å². The van der Waals surface area contributed by atoms with Gasteiger partial charge in [0, 0.05) is 6.54 Å². The number of hydrogen-bond acceptors (Lipinski definition) is 5. The molecule has 2 amide bonds. The molecule has 0 bridgehead atoms. The minimum absolute atomic E-state index is 0.299. The van der Waals surface area contributed by atoms with Gasteiger partial charge in [-0.25, -0.2) is 4.79 Å². The standard InChI is InChI=1S/C10H17N3O5/c11-4-8(15)12-6(5-14)9(16)13-3-1-2-7(13)10(17)18/h6-7,14H,1-5,11H2,(H,12,15)(H,17,18)/t6?,7-/m0/s1. The lowest BCUT2D eigenvalue weighted by atomic mass is 10.2. The third-order valence-electron chi connectivity index (χ3n) is 2.82. The van der Waals surface area contributed by atoms with Crippen molar-refractivity contribution in [3.63, 3.8) is 0 Å². The van der Waals surface area contributed by atoms with Crippen molar-refractivity contribution in [1.29, 1.82) is 0 Å². The summed E-state index contributed by atoms with van der Waals surface area (Å²) in [6, 6.07) is -2.03. The van der Waals surface area contributed by atoms with Crippen molar-refractivity contribution in [1.82, 2.24) is 10.2 Å². The van der Waals surface area contributed by atoms with E-state index in [4.69, 9.17) is 15.9 Å². The molecule has 1 aliphatic rings. The number of aliphatic carboxylic acids is 1. The molecule has 0 radical (unpaired) electrons. The predicted octanol–water partition coefficient (Wildman–Crippen LogP) is -2.50. The number of nitrogens with one attached hydrogen (secondary N) is 1. The first-order valence-corrected chi connectivity index (χ1v) is 5.64. The lowest BCUT2D eigenvalue weighted by molar-refractivity contribution is -0.149. The van der Waals surface area contributed by atoms with Gasteiger partial charge < -0.3 is 26.2 Å². The lowest BCUT2D eigenvalue weighted by Gasteiger charge is -2.26. The number of carbonyl (C=O) groups is 3. The van der Waals surface area contributed by atoms with Gasteiger partial charge >= 0.3 is 5.97 Å². The average molecular weight is 259 g/mol. The zero-order chi connectivity index (χ0) is 13.7. The summed E-state index contributed by atoms with van der Waals surface area (Å²) in [5.41, 5.74) is 5.09. The molecule has 102 valence electrons. The van der Waals surface area contributed by atoms with E-state index in [2.05, 4.69) is 5.32 Å². The normalized spacial score (nSPS) is 20.6. The van der Waals surface area contributed by atoms with Crippen molar-refractivity contribution in [3.8, 4) is 0 Å². The molecular formula is C10H17N3O5. The minimum Gasteiger partial charge on any atom is -0.480 e. The number of likely N-dealkylation sites (tertiary alicyclic amines) is 1. The highest BCUT2D eigenvalue weighted by atomic mass is 16.4. The van der Waals surface area contributed by atoms with Gasteiger partial charge in [-0.3, -0.25) is 9.59 Å². The summed E-state index contributed by atoms with van der Waals surface area (Å²) in [6.07, 6.45) is 0.968. The molecule has 1 heterocycles. The predicted molar refractivity (Wildman–Crippen MR) is 60.4 cm³/mol. The van der Waals surface area contributed by atoms with Crippen LogP contribution in [0.3, 0.4) is 0 Å². The maximum atomic E-state index is 12.0. The molecule has 2 atom stereocenters. The van der Waals surface area contributed by atoms with Crippen LogP contribution in [0.4, 0.5) is 0 Å². The van der Waals surface area contributed by atoms with Crippen molar-refractivity contribution in [2.45, 2.75) is 24.9 Å². The van der Waals surface area contributed by atoms with E-state index in [0.717, 1.165) is 0 Å². The number of carboxylic acid groups (broad SMARTS) is 1. The highest BCUT2D eigenvalue weighted by Gasteiger charge is 2.37. The summed E-state index contributed by atoms with van der Waals surface area (Å²) in [4.78, 5) is 35.2. The molecule has 0 aromatic carbocycles. The number of hydrogen-bond donors (Lipinski definition) is 4. The van der Waals surface area contributed by atoms with Crippen molar-refractivity contribution >= 4 is 17.8 Å². The summed E-state index contributed by atoms with van der Waals surface area (Å²) in [5.74, 6) is -2.25. The number of carbonyl (C=O) groups excluding carboxylic acids is 2. The summed E-state index contributed by atoms with van der Waals surface area (Å²) < 4.78 is 0. The van der Waals surface area contributed by atoms with Gasteiger partial charge in [0.05, 0.1) is 13.2 Å². The first-order chi connectivity index (χ1) is 8.51. The van der Waals surface area contributed by atoms with Crippen LogP contribution in [-0.2, 0) is 14.4 Å². The lowest BCUT2D eigenvalue weighted by Crippen LogP contribution is -2.54. The van der Waals surface area contributed by atoms with Gasteiger partial charge in [-0.15, -0.1) is 0 Å². The Morgan fingerprint density at radius 2 is 2.11 bits per heavy atom. The number of amides is 2. The number of nitrogens with two attached hydrogens (primary N) is 1. The van der Waals surface area contributed by atoms with Crippen LogP contribution in [0.25, 0.3) is 0 Å². The van der Waals surface area contributed by atoms with Crippen LogP contribution in [0, 0.1) is 0 Å². The number of aliphatic hydroxyl groups is 1. The van der Waals surface area contributed by atoms with Crippen LogP contribution in [0.5, 0.6) is 0 Å². The molecule has 1 rings (SSSR count). The van der Waals surface area contributed by atoms with Gasteiger partial charge in [0.25, 0.3) is 0 Å². The first-order valence-electron chi connectivity index (χ1n) is 5.64. The number of aliphatic hydroxyl groups excluding tert-OH is 1. The molecule has 0 saturated carbocycles. The summed E-state index contributed by atoms with van der Waals surface area (Å²) >= 11 is 0. The maximum absolute atomic E-state index is 12.0. The molecule has 1 aliphatic heterocycles. The van der Waals surface area contributed by atoms with Crippen LogP contribution in [-0.4, -0.2) is 64.7 Å². The second-order valence-electron chi connectivity index (χ2n) is 4.03. The van der Waals surface area contributed by atoms with Crippen molar-refractivity contribution in [2.24, 2.45) is 5.73 Å². The quantitative estimate of drug-likeness (QED) is 0.431. The van der Waals surface area contributed by atoms with E-state index in [1.54, 1.807) is 0 Å². The Morgan fingerprint density at radius 3 is 2.61 bits per heavy atom. The molecule has 8 heteroatoms. The first kappa shape index (κ1) is 14.4. The fourth-order valence-electron chi connectivity index (χ4n) is 1.93. The van der Waals surface area contributed by atoms with E-state index in [1.807, 2.05) is 0 Å². The van der Waals surface area contributed by atoms with Crippen molar-refractivity contribution in [3.05, 3.63) is 0 Å². The van der Waals surface area contributed by atoms with Gasteiger partial charge in [-0.05, 0) is 12.8 Å². The average Bonchev–Trinajstić information content (AvgIpc) is 2.83. The van der Waals surface area contributed by atoms with Gasteiger partial charge in [0.2, 0.25) is 11.8 Å². The Kier molecular flexibility index (Phi) is 5.05. The summed E-state index contributed by atoms with van der Waals surface area (Å²) in [5, 5.41) is 20.3. The third kappa shape index (κ3) is 3.17. The largest absolute Gasteiger partial charge is 0.480 e. The van der Waals surface area contributed by atoms with Crippen LogP contribution in [0.15, 0.2) is 0 Å². The zero-order valence-corrected chi connectivity index (χ0v) is 9.83. The fourth-order valence-corrected chi connectivity index (χ4v) is 1.93. The minimum atomic E-state index is -1.14. The Labute approximate surface area is 104 Å². The molecule has 1 saturated heterocycles. The van der Waals surface area contributed by atoms with Crippen molar-refractivity contribution in [2.75, 3.05) is 19.7 Å². The second-order valence-corrected chi connectivity index (χ2v) is 4.03. The molecule has 8 nitrogen and oxygen atoms in total. The highest BCUT2D eigenvalue weighted by Crippen LogP contribution is 2.18. The summed E-state index contributed by atoms with van der Waals surface area (Å²) in [6.45, 7) is -0.579. The molecule has 0 aromatic heterocycles.